The highest BCUT2D eigenvalue weighted by molar-refractivity contribution is 6.15. The molecule has 0 heterocycles. The maximum Gasteiger partial charge on any atom is 0.344 e. The fourth-order valence-electron chi connectivity index (χ4n) is 1.69. The summed E-state index contributed by atoms with van der Waals surface area (Å²) in [5.74, 6) is -1.10. The van der Waals surface area contributed by atoms with E-state index in [1.165, 1.54) is 0 Å². The molecule has 27 heavy (non-hydrogen) atoms. The number of carboxylic acids is 1. The van der Waals surface area contributed by atoms with Gasteiger partial charge in [-0.2, -0.15) is 0 Å². The summed E-state index contributed by atoms with van der Waals surface area (Å²) in [6.45, 7) is 7.02. The zero-order valence-electron chi connectivity index (χ0n) is 14.8. The van der Waals surface area contributed by atoms with E-state index in [9.17, 15) is 9.90 Å². The van der Waals surface area contributed by atoms with Crippen LogP contribution in [0, 0.1) is 13.8 Å². The fourth-order valence-corrected chi connectivity index (χ4v) is 1.69. The van der Waals surface area contributed by atoms with Crippen LogP contribution in [0.4, 0.5) is 0 Å². The average molecular weight is 344 g/mol. The summed E-state index contributed by atoms with van der Waals surface area (Å²) in [5.41, 5.74) is 37.0. The number of carbonyl (C=O) groups is 1. The van der Waals surface area contributed by atoms with Crippen molar-refractivity contribution in [1.29, 1.82) is 0 Å². The van der Waals surface area contributed by atoms with E-state index in [1.807, 2.05) is 26.0 Å². The van der Waals surface area contributed by atoms with Gasteiger partial charge in [0.2, 0.25) is 0 Å². The van der Waals surface area contributed by atoms with Gasteiger partial charge in [-0.15, -0.1) is 0 Å². The lowest BCUT2D eigenvalue weighted by molar-refractivity contribution is -0.130. The predicted octanol–water partition coefficient (Wildman–Crippen LogP) is 4.57. The number of benzene rings is 1. The quantitative estimate of drug-likeness (QED) is 0.630. The van der Waals surface area contributed by atoms with Crippen LogP contribution in [0.5, 0.6) is 0 Å². The third-order valence-electron chi connectivity index (χ3n) is 2.84. The first-order valence-corrected chi connectivity index (χ1v) is 7.52. The number of carboxylic acid groups (broad SMARTS) is 1. The number of aliphatic carboxylic acids is 1. The lowest BCUT2D eigenvalue weighted by Gasteiger charge is -2.05. The second-order valence-corrected chi connectivity index (χ2v) is 4.80. The Morgan fingerprint density at radius 3 is 1.78 bits per heavy atom. The maximum atomic E-state index is 11.4. The summed E-state index contributed by atoms with van der Waals surface area (Å²) in [6.07, 6.45) is 0. The molecule has 2 nitrogen and oxygen atoms in total. The Labute approximate surface area is 157 Å². The van der Waals surface area contributed by atoms with Crippen molar-refractivity contribution in [3.63, 3.8) is 0 Å². The molecule has 0 amide bonds. The molecule has 0 bridgehead atoms. The van der Waals surface area contributed by atoms with Gasteiger partial charge in [0.15, 0.2) is 0 Å². The smallest absolute Gasteiger partial charge is 0.344 e. The monoisotopic (exact) mass is 344 g/mol. The second-order valence-electron chi connectivity index (χ2n) is 4.80. The Balaban J connectivity index is 3.51. The van der Waals surface area contributed by atoms with Crippen LogP contribution in [-0.2, 0) is 4.79 Å². The van der Waals surface area contributed by atoms with E-state index in [-0.39, 0.29) is 5.57 Å². The summed E-state index contributed by atoms with van der Waals surface area (Å²) in [7, 11) is 0. The van der Waals surface area contributed by atoms with Crippen molar-refractivity contribution in [1.82, 2.24) is 0 Å². The van der Waals surface area contributed by atoms with E-state index in [0.717, 1.165) is 11.1 Å². The number of aryl methyl sites for hydroxylation is 2. The van der Waals surface area contributed by atoms with E-state index < -0.39 is 5.97 Å². The van der Waals surface area contributed by atoms with Gasteiger partial charge >= 0.3 is 5.97 Å². The van der Waals surface area contributed by atoms with Gasteiger partial charge in [-0.1, -0.05) is 29.5 Å². The Morgan fingerprint density at radius 1 is 0.815 bits per heavy atom. The zero-order chi connectivity index (χ0) is 19.9. The molecule has 0 fully saturated rings. The van der Waals surface area contributed by atoms with E-state index in [4.69, 9.17) is 0 Å². The van der Waals surface area contributed by atoms with Crippen LogP contribution in [0.15, 0.2) is 105 Å². The summed E-state index contributed by atoms with van der Waals surface area (Å²) in [6, 6.07) is 5.55. The first kappa shape index (κ1) is 20.4. The van der Waals surface area contributed by atoms with Gasteiger partial charge < -0.3 is 5.11 Å². The third-order valence-corrected chi connectivity index (χ3v) is 2.84. The molecule has 1 aromatic carbocycles. The topological polar surface area (TPSA) is 37.3 Å². The summed E-state index contributed by atoms with van der Waals surface area (Å²) in [4.78, 5) is 11.4. The standard InChI is InChI=1S/C25H12O2/c1-4-5-6-7-8-9-10-11-12-13-14-15-16-17-23(25(26)27)24-20-21(2)18-19-22(24)3/h18-20H,1H2,2-3H3,(H,26,27). The zero-order valence-corrected chi connectivity index (χ0v) is 14.8. The number of hydrogen-bond acceptors (Lipinski definition) is 1. The van der Waals surface area contributed by atoms with Crippen LogP contribution in [-0.4, -0.2) is 11.1 Å². The highest BCUT2D eigenvalue weighted by Crippen LogP contribution is 2.19. The van der Waals surface area contributed by atoms with Crippen LogP contribution in [0.3, 0.4) is 0 Å². The summed E-state index contributed by atoms with van der Waals surface area (Å²) < 4.78 is 0. The Bertz CT molecular complexity index is 1310. The molecule has 0 spiro atoms. The van der Waals surface area contributed by atoms with Gasteiger partial charge in [0.05, 0.1) is 0 Å². The van der Waals surface area contributed by atoms with Crippen molar-refractivity contribution in [2.24, 2.45) is 0 Å². The molecule has 1 rings (SSSR count). The molecule has 1 aromatic rings. The third kappa shape index (κ3) is 8.13. The minimum atomic E-state index is -1.10. The predicted molar refractivity (Wildman–Crippen MR) is 102 cm³/mol. The van der Waals surface area contributed by atoms with Crippen LogP contribution in [0.2, 0.25) is 0 Å². The van der Waals surface area contributed by atoms with Crippen LogP contribution in [0.25, 0.3) is 5.57 Å². The van der Waals surface area contributed by atoms with Crippen LogP contribution in [0.1, 0.15) is 16.7 Å². The molecule has 0 aromatic heterocycles. The van der Waals surface area contributed by atoms with Crippen molar-refractivity contribution in [2.75, 3.05) is 0 Å². The molecule has 0 saturated heterocycles. The molecule has 2 heteroatoms. The van der Waals surface area contributed by atoms with Gasteiger partial charge in [0.1, 0.15) is 5.57 Å². The molecule has 124 valence electrons. The van der Waals surface area contributed by atoms with Gasteiger partial charge in [-0.05, 0) is 100 Å². The molecular formula is C25H12O2. The Hall–Kier alpha value is -4.65. The van der Waals surface area contributed by atoms with E-state index >= 15 is 0 Å². The van der Waals surface area contributed by atoms with E-state index in [1.54, 1.807) is 6.07 Å². The van der Waals surface area contributed by atoms with E-state index in [0.29, 0.717) is 5.56 Å². The number of hydrogen-bond donors (Lipinski definition) is 1. The van der Waals surface area contributed by atoms with Crippen LogP contribution < -0.4 is 0 Å². The highest BCUT2D eigenvalue weighted by Gasteiger charge is 2.12. The lowest BCUT2D eigenvalue weighted by Crippen LogP contribution is -2.00. The van der Waals surface area contributed by atoms with Crippen molar-refractivity contribution >= 4 is 11.5 Å². The summed E-state index contributed by atoms with van der Waals surface area (Å²) in [5, 5.41) is 9.37. The van der Waals surface area contributed by atoms with Gasteiger partial charge in [0, 0.05) is 5.56 Å². The second kappa shape index (κ2) is 11.8. The van der Waals surface area contributed by atoms with Gasteiger partial charge in [0.25, 0.3) is 0 Å². The molecule has 0 aliphatic carbocycles. The largest absolute Gasteiger partial charge is 0.477 e. The molecule has 0 aliphatic rings. The van der Waals surface area contributed by atoms with Crippen molar-refractivity contribution in [3.8, 4) is 0 Å². The number of rotatable bonds is 2. The fraction of sp³-hybridized carbons (Fsp3) is 0.0800. The minimum absolute atomic E-state index is 0.00169. The van der Waals surface area contributed by atoms with Crippen molar-refractivity contribution < 1.29 is 9.90 Å². The first-order chi connectivity index (χ1) is 13.1. The van der Waals surface area contributed by atoms with Crippen molar-refractivity contribution in [2.45, 2.75) is 13.8 Å². The Morgan fingerprint density at radius 2 is 1.30 bits per heavy atom. The maximum absolute atomic E-state index is 11.4. The molecule has 0 saturated carbocycles. The van der Waals surface area contributed by atoms with Crippen molar-refractivity contribution in [3.05, 3.63) is 122 Å². The minimum Gasteiger partial charge on any atom is -0.477 e. The van der Waals surface area contributed by atoms with Gasteiger partial charge in [-0.3, -0.25) is 0 Å². The normalized spacial score (nSPS) is 6.74. The lowest BCUT2D eigenvalue weighted by atomic mass is 9.99. The molecule has 0 aliphatic heterocycles. The molecule has 0 radical (unpaired) electrons. The SMILES string of the molecule is C=C=C=C=C=C=C=C=C=C=C=C=C=C=C=C(C(=O)O)c1cc(C)ccc1C. The molecule has 0 atom stereocenters. The molecular weight excluding hydrogens is 332 g/mol. The Kier molecular flexibility index (Phi) is 8.93. The van der Waals surface area contributed by atoms with E-state index in [2.05, 4.69) is 86.8 Å². The first-order valence-electron chi connectivity index (χ1n) is 7.52. The molecule has 0 unspecified atom stereocenters. The summed E-state index contributed by atoms with van der Waals surface area (Å²) >= 11 is 0. The highest BCUT2D eigenvalue weighted by atomic mass is 16.4. The van der Waals surface area contributed by atoms with Gasteiger partial charge in [-0.25, -0.2) is 4.79 Å². The average Bonchev–Trinajstić information content (AvgIpc) is 2.64. The van der Waals surface area contributed by atoms with Crippen LogP contribution >= 0.6 is 0 Å². The molecule has 1 N–H and O–H groups in total.